The highest BCUT2D eigenvalue weighted by molar-refractivity contribution is 5.97. The third-order valence-corrected chi connectivity index (χ3v) is 2.57. The van der Waals surface area contributed by atoms with Crippen LogP contribution in [-0.4, -0.2) is 27.4 Å². The fraction of sp³-hybridized carbons (Fsp3) is 0. The van der Waals surface area contributed by atoms with E-state index in [9.17, 15) is 20.1 Å². The van der Waals surface area contributed by atoms with Gasteiger partial charge < -0.3 is 15.3 Å². The fourth-order valence-corrected chi connectivity index (χ4v) is 1.55. The number of carbonyl (C=O) groups excluding carboxylic acids is 1. The zero-order chi connectivity index (χ0) is 14.5. The van der Waals surface area contributed by atoms with Crippen LogP contribution in [0.2, 0.25) is 0 Å². The second kappa shape index (κ2) is 5.75. The van der Waals surface area contributed by atoms with Crippen molar-refractivity contribution in [3.05, 3.63) is 53.6 Å². The number of benzene rings is 2. The summed E-state index contributed by atoms with van der Waals surface area (Å²) in [5.74, 6) is -1.09. The van der Waals surface area contributed by atoms with Gasteiger partial charge in [-0.15, -0.1) is 0 Å². The number of rotatable bonds is 3. The van der Waals surface area contributed by atoms with Gasteiger partial charge in [0.25, 0.3) is 5.91 Å². The number of nitrogens with zero attached hydrogens (tertiary/aromatic N) is 1. The van der Waals surface area contributed by atoms with Crippen LogP contribution in [0, 0.1) is 0 Å². The smallest absolute Gasteiger partial charge is 0.275 e. The molecule has 1 amide bonds. The summed E-state index contributed by atoms with van der Waals surface area (Å²) in [5, 5.41) is 32.1. The number of hydrogen-bond donors (Lipinski definition) is 4. The summed E-state index contributed by atoms with van der Waals surface area (Å²) in [6.45, 7) is 0. The van der Waals surface area contributed by atoms with Gasteiger partial charge in [0.15, 0.2) is 0 Å². The number of phenolic OH excluding ortho intramolecular Hbond substituents is 3. The largest absolute Gasteiger partial charge is 0.507 e. The first-order valence-corrected chi connectivity index (χ1v) is 5.72. The average Bonchev–Trinajstić information content (AvgIpc) is 2.42. The fourth-order valence-electron chi connectivity index (χ4n) is 1.55. The number of para-hydroxylation sites is 1. The lowest BCUT2D eigenvalue weighted by molar-refractivity contribution is 0.0952. The second-order valence-electron chi connectivity index (χ2n) is 3.93. The van der Waals surface area contributed by atoms with Gasteiger partial charge in [0.2, 0.25) is 0 Å². The maximum absolute atomic E-state index is 11.7. The molecule has 0 spiro atoms. The molecule has 0 aliphatic rings. The predicted molar refractivity (Wildman–Crippen MR) is 72.9 cm³/mol. The lowest BCUT2D eigenvalue weighted by Gasteiger charge is -2.03. The number of nitrogens with one attached hydrogen (secondary N) is 1. The number of carbonyl (C=O) groups is 1. The van der Waals surface area contributed by atoms with Gasteiger partial charge in [0, 0.05) is 0 Å². The van der Waals surface area contributed by atoms with Crippen LogP contribution in [0.4, 0.5) is 0 Å². The Balaban J connectivity index is 2.11. The average molecular weight is 272 g/mol. The summed E-state index contributed by atoms with van der Waals surface area (Å²) >= 11 is 0. The van der Waals surface area contributed by atoms with Gasteiger partial charge in [-0.2, -0.15) is 5.10 Å². The molecule has 2 aromatic rings. The summed E-state index contributed by atoms with van der Waals surface area (Å²) in [5.41, 5.74) is 2.35. The Labute approximate surface area is 114 Å². The van der Waals surface area contributed by atoms with Gasteiger partial charge in [-0.25, -0.2) is 5.43 Å². The van der Waals surface area contributed by atoms with E-state index in [1.54, 1.807) is 12.1 Å². The molecule has 4 N–H and O–H groups in total. The summed E-state index contributed by atoms with van der Waals surface area (Å²) < 4.78 is 0. The molecule has 0 aliphatic carbocycles. The van der Waals surface area contributed by atoms with Crippen molar-refractivity contribution in [1.82, 2.24) is 5.43 Å². The Hall–Kier alpha value is -3.02. The Morgan fingerprint density at radius 2 is 1.55 bits per heavy atom. The van der Waals surface area contributed by atoms with E-state index in [1.807, 2.05) is 0 Å². The molecule has 0 aromatic heterocycles. The minimum atomic E-state index is -0.603. The maximum atomic E-state index is 11.7. The zero-order valence-electron chi connectivity index (χ0n) is 10.3. The van der Waals surface area contributed by atoms with E-state index in [4.69, 9.17) is 0 Å². The quantitative estimate of drug-likeness (QED) is 0.503. The standard InChI is InChI=1S/C14H12N2O4/c17-11-5-2-1-4-9(11)14(20)16-15-8-10-12(18)6-3-7-13(10)19/h1-8,17-19H,(H,16,20)/b15-8-. The summed E-state index contributed by atoms with van der Waals surface area (Å²) in [6.07, 6.45) is 1.11. The number of aromatic hydroxyl groups is 3. The second-order valence-corrected chi connectivity index (χ2v) is 3.93. The van der Waals surface area contributed by atoms with Gasteiger partial charge in [-0.05, 0) is 24.3 Å². The lowest BCUT2D eigenvalue weighted by Crippen LogP contribution is -2.17. The van der Waals surface area contributed by atoms with Gasteiger partial charge in [0.1, 0.15) is 17.2 Å². The highest BCUT2D eigenvalue weighted by atomic mass is 16.3. The normalized spacial score (nSPS) is 10.6. The van der Waals surface area contributed by atoms with Crippen molar-refractivity contribution in [1.29, 1.82) is 0 Å². The van der Waals surface area contributed by atoms with Gasteiger partial charge in [0.05, 0.1) is 17.3 Å². The molecule has 6 heteroatoms. The van der Waals surface area contributed by atoms with Crippen LogP contribution in [0.3, 0.4) is 0 Å². The molecular formula is C14H12N2O4. The monoisotopic (exact) mass is 272 g/mol. The van der Waals surface area contributed by atoms with E-state index in [2.05, 4.69) is 10.5 Å². The third kappa shape index (κ3) is 2.86. The van der Waals surface area contributed by atoms with Crippen molar-refractivity contribution in [3.8, 4) is 17.2 Å². The summed E-state index contributed by atoms with van der Waals surface area (Å²) in [7, 11) is 0. The Morgan fingerprint density at radius 3 is 2.20 bits per heavy atom. The van der Waals surface area contributed by atoms with Gasteiger partial charge >= 0.3 is 0 Å². The molecule has 0 aliphatic heterocycles. The van der Waals surface area contributed by atoms with Crippen molar-refractivity contribution in [2.24, 2.45) is 5.10 Å². The third-order valence-electron chi connectivity index (χ3n) is 2.57. The molecule has 0 unspecified atom stereocenters. The van der Waals surface area contributed by atoms with Crippen LogP contribution in [0.1, 0.15) is 15.9 Å². The van der Waals surface area contributed by atoms with Crippen molar-refractivity contribution in [2.75, 3.05) is 0 Å². The van der Waals surface area contributed by atoms with Crippen LogP contribution in [-0.2, 0) is 0 Å². The van der Waals surface area contributed by atoms with E-state index < -0.39 is 5.91 Å². The highest BCUT2D eigenvalue weighted by Gasteiger charge is 2.09. The molecule has 0 radical (unpaired) electrons. The van der Waals surface area contributed by atoms with E-state index in [1.165, 1.54) is 30.3 Å². The molecule has 0 bridgehead atoms. The number of amides is 1. The van der Waals surface area contributed by atoms with Gasteiger partial charge in [-0.3, -0.25) is 4.79 Å². The molecule has 2 rings (SSSR count). The summed E-state index contributed by atoms with van der Waals surface area (Å²) in [6, 6.07) is 10.3. The highest BCUT2D eigenvalue weighted by Crippen LogP contribution is 2.23. The van der Waals surface area contributed by atoms with Crippen LogP contribution < -0.4 is 5.43 Å². The molecule has 6 nitrogen and oxygen atoms in total. The molecule has 20 heavy (non-hydrogen) atoms. The molecule has 0 saturated carbocycles. The zero-order valence-corrected chi connectivity index (χ0v) is 10.3. The Bertz CT molecular complexity index is 648. The van der Waals surface area contributed by atoms with Crippen LogP contribution in [0.5, 0.6) is 17.2 Å². The van der Waals surface area contributed by atoms with E-state index >= 15 is 0 Å². The topological polar surface area (TPSA) is 102 Å². The predicted octanol–water partition coefficient (Wildman–Crippen LogP) is 1.57. The molecule has 0 heterocycles. The molecule has 0 fully saturated rings. The number of hydrazone groups is 1. The SMILES string of the molecule is O=C(N/N=C\c1c(O)cccc1O)c1ccccc1O. The molecular weight excluding hydrogens is 260 g/mol. The van der Waals surface area contributed by atoms with Crippen molar-refractivity contribution in [3.63, 3.8) is 0 Å². The van der Waals surface area contributed by atoms with Crippen molar-refractivity contribution >= 4 is 12.1 Å². The first-order valence-electron chi connectivity index (χ1n) is 5.72. The minimum absolute atomic E-state index is 0.0751. The molecule has 2 aromatic carbocycles. The van der Waals surface area contributed by atoms with Crippen LogP contribution >= 0.6 is 0 Å². The molecule has 0 saturated heterocycles. The Morgan fingerprint density at radius 1 is 0.950 bits per heavy atom. The Kier molecular flexibility index (Phi) is 3.85. The van der Waals surface area contributed by atoms with Crippen LogP contribution in [0.15, 0.2) is 47.6 Å². The minimum Gasteiger partial charge on any atom is -0.507 e. The first-order chi connectivity index (χ1) is 9.59. The van der Waals surface area contributed by atoms with E-state index in [0.717, 1.165) is 6.21 Å². The molecule has 102 valence electrons. The number of hydrogen-bond acceptors (Lipinski definition) is 5. The summed E-state index contributed by atoms with van der Waals surface area (Å²) in [4.78, 5) is 11.7. The van der Waals surface area contributed by atoms with Crippen LogP contribution in [0.25, 0.3) is 0 Å². The van der Waals surface area contributed by atoms with Gasteiger partial charge in [-0.1, -0.05) is 18.2 Å². The maximum Gasteiger partial charge on any atom is 0.275 e. The molecule has 0 atom stereocenters. The lowest BCUT2D eigenvalue weighted by atomic mass is 10.2. The first kappa shape index (κ1) is 13.4. The van der Waals surface area contributed by atoms with Crippen molar-refractivity contribution < 1.29 is 20.1 Å². The van der Waals surface area contributed by atoms with Crippen molar-refractivity contribution in [2.45, 2.75) is 0 Å². The van der Waals surface area contributed by atoms with E-state index in [-0.39, 0.29) is 28.4 Å². The number of phenols is 3. The van der Waals surface area contributed by atoms with E-state index in [0.29, 0.717) is 0 Å².